The van der Waals surface area contributed by atoms with Crippen LogP contribution in [0.3, 0.4) is 0 Å². The molecule has 0 saturated carbocycles. The Kier molecular flexibility index (Phi) is 6.12. The van der Waals surface area contributed by atoms with E-state index in [2.05, 4.69) is 15.9 Å². The molecule has 0 bridgehead atoms. The first kappa shape index (κ1) is 15.5. The van der Waals surface area contributed by atoms with Crippen molar-refractivity contribution in [2.75, 3.05) is 13.2 Å². The zero-order valence-electron chi connectivity index (χ0n) is 10.5. The fraction of sp³-hybridized carbons (Fsp3) is 0.462. The van der Waals surface area contributed by atoms with Gasteiger partial charge in [0.1, 0.15) is 0 Å². The zero-order valence-corrected chi connectivity index (χ0v) is 12.8. The first-order chi connectivity index (χ1) is 8.49. The van der Waals surface area contributed by atoms with Crippen LogP contribution in [0, 0.1) is 0 Å². The Balaban J connectivity index is 2.98. The minimum atomic E-state index is -0.107. The van der Waals surface area contributed by atoms with Gasteiger partial charge in [0.05, 0.1) is 10.6 Å². The van der Waals surface area contributed by atoms with Crippen LogP contribution in [0.4, 0.5) is 0 Å². The van der Waals surface area contributed by atoms with Gasteiger partial charge in [-0.1, -0.05) is 17.7 Å². The Morgan fingerprint density at radius 1 is 1.50 bits per heavy atom. The van der Waals surface area contributed by atoms with Crippen LogP contribution in [0.5, 0.6) is 0 Å². The third kappa shape index (κ3) is 3.70. The summed E-state index contributed by atoms with van der Waals surface area (Å²) in [5.41, 5.74) is 0.484. The number of aliphatic hydroxyl groups excluding tert-OH is 1. The molecule has 0 aromatic heterocycles. The highest BCUT2D eigenvalue weighted by molar-refractivity contribution is 9.10. The van der Waals surface area contributed by atoms with Crippen molar-refractivity contribution in [1.29, 1.82) is 0 Å². The van der Waals surface area contributed by atoms with E-state index in [1.807, 2.05) is 13.8 Å². The van der Waals surface area contributed by atoms with Crippen LogP contribution in [-0.2, 0) is 0 Å². The van der Waals surface area contributed by atoms with Gasteiger partial charge in [-0.2, -0.15) is 0 Å². The summed E-state index contributed by atoms with van der Waals surface area (Å²) in [6.45, 7) is 4.49. The molecule has 0 heterocycles. The molecule has 100 valence electrons. The number of aliphatic hydroxyl groups is 1. The van der Waals surface area contributed by atoms with E-state index >= 15 is 0 Å². The van der Waals surface area contributed by atoms with Gasteiger partial charge in [0, 0.05) is 23.7 Å². The number of hydrogen-bond acceptors (Lipinski definition) is 2. The topological polar surface area (TPSA) is 40.5 Å². The van der Waals surface area contributed by atoms with E-state index in [4.69, 9.17) is 16.7 Å². The van der Waals surface area contributed by atoms with Crippen molar-refractivity contribution in [3.63, 3.8) is 0 Å². The normalized spacial score (nSPS) is 10.8. The average molecular weight is 335 g/mol. The van der Waals surface area contributed by atoms with Crippen molar-refractivity contribution in [1.82, 2.24) is 4.90 Å². The lowest BCUT2D eigenvalue weighted by Gasteiger charge is -2.27. The maximum absolute atomic E-state index is 12.4. The molecule has 0 aliphatic carbocycles. The highest BCUT2D eigenvalue weighted by Crippen LogP contribution is 2.27. The van der Waals surface area contributed by atoms with E-state index in [1.165, 1.54) is 0 Å². The molecule has 0 atom stereocenters. The molecular weight excluding hydrogens is 318 g/mol. The minimum Gasteiger partial charge on any atom is -0.396 e. The highest BCUT2D eigenvalue weighted by Gasteiger charge is 2.21. The monoisotopic (exact) mass is 333 g/mol. The Bertz CT molecular complexity index is 423. The molecule has 1 amide bonds. The first-order valence-electron chi connectivity index (χ1n) is 5.85. The number of carbonyl (C=O) groups excluding carboxylic acids is 1. The molecule has 1 aromatic rings. The average Bonchev–Trinajstić information content (AvgIpc) is 2.32. The standard InChI is InChI=1S/C13H17BrClNO2/c1-9(2)16(7-4-8-17)13(18)10-5-3-6-11(14)12(10)15/h3,5-6,9,17H,4,7-8H2,1-2H3. The van der Waals surface area contributed by atoms with Gasteiger partial charge in [0.2, 0.25) is 0 Å². The van der Waals surface area contributed by atoms with Crippen LogP contribution in [0.2, 0.25) is 5.02 Å². The third-order valence-electron chi connectivity index (χ3n) is 2.62. The molecule has 0 unspecified atom stereocenters. The predicted octanol–water partition coefficient (Wildman–Crippen LogP) is 3.34. The molecular formula is C13H17BrClNO2. The fourth-order valence-corrected chi connectivity index (χ4v) is 2.23. The molecule has 1 N–H and O–H groups in total. The summed E-state index contributed by atoms with van der Waals surface area (Å²) in [5.74, 6) is -0.107. The summed E-state index contributed by atoms with van der Waals surface area (Å²) in [6, 6.07) is 5.36. The second-order valence-electron chi connectivity index (χ2n) is 4.27. The van der Waals surface area contributed by atoms with Crippen LogP contribution in [-0.4, -0.2) is 35.1 Å². The summed E-state index contributed by atoms with van der Waals surface area (Å²) >= 11 is 9.44. The number of nitrogens with zero attached hydrogens (tertiary/aromatic N) is 1. The van der Waals surface area contributed by atoms with Crippen molar-refractivity contribution in [3.05, 3.63) is 33.3 Å². The van der Waals surface area contributed by atoms with E-state index in [-0.39, 0.29) is 18.6 Å². The number of halogens is 2. The van der Waals surface area contributed by atoms with Crippen LogP contribution in [0.15, 0.2) is 22.7 Å². The molecule has 0 aliphatic rings. The molecule has 0 radical (unpaired) electrons. The van der Waals surface area contributed by atoms with Gasteiger partial charge in [0.15, 0.2) is 0 Å². The van der Waals surface area contributed by atoms with Gasteiger partial charge in [0.25, 0.3) is 5.91 Å². The van der Waals surface area contributed by atoms with E-state index < -0.39 is 0 Å². The third-order valence-corrected chi connectivity index (χ3v) is 3.92. The Morgan fingerprint density at radius 2 is 2.17 bits per heavy atom. The van der Waals surface area contributed by atoms with Crippen LogP contribution >= 0.6 is 27.5 Å². The van der Waals surface area contributed by atoms with Gasteiger partial charge in [-0.05, 0) is 48.3 Å². The maximum atomic E-state index is 12.4. The largest absolute Gasteiger partial charge is 0.396 e. The molecule has 1 rings (SSSR count). The van der Waals surface area contributed by atoms with E-state index in [0.29, 0.717) is 28.0 Å². The number of carbonyl (C=O) groups is 1. The number of rotatable bonds is 5. The van der Waals surface area contributed by atoms with Crippen molar-refractivity contribution in [2.24, 2.45) is 0 Å². The Labute approximate surface area is 121 Å². The number of benzene rings is 1. The second-order valence-corrected chi connectivity index (χ2v) is 5.50. The molecule has 0 saturated heterocycles. The van der Waals surface area contributed by atoms with Gasteiger partial charge in [-0.3, -0.25) is 4.79 Å². The summed E-state index contributed by atoms with van der Waals surface area (Å²) in [5, 5.41) is 9.30. The minimum absolute atomic E-state index is 0.0686. The van der Waals surface area contributed by atoms with Gasteiger partial charge in [-0.25, -0.2) is 0 Å². The summed E-state index contributed by atoms with van der Waals surface area (Å²) in [7, 11) is 0. The van der Waals surface area contributed by atoms with Crippen LogP contribution < -0.4 is 0 Å². The van der Waals surface area contributed by atoms with Crippen molar-refractivity contribution in [2.45, 2.75) is 26.3 Å². The number of amides is 1. The van der Waals surface area contributed by atoms with Gasteiger partial charge < -0.3 is 10.0 Å². The highest BCUT2D eigenvalue weighted by atomic mass is 79.9. The summed E-state index contributed by atoms with van der Waals surface area (Å²) in [4.78, 5) is 14.1. The van der Waals surface area contributed by atoms with Crippen molar-refractivity contribution >= 4 is 33.4 Å². The van der Waals surface area contributed by atoms with Gasteiger partial charge >= 0.3 is 0 Å². The lowest BCUT2D eigenvalue weighted by atomic mass is 10.1. The molecule has 5 heteroatoms. The maximum Gasteiger partial charge on any atom is 0.255 e. The zero-order chi connectivity index (χ0) is 13.7. The lowest BCUT2D eigenvalue weighted by molar-refractivity contribution is 0.0693. The predicted molar refractivity (Wildman–Crippen MR) is 77.0 cm³/mol. The summed E-state index contributed by atoms with van der Waals surface area (Å²) in [6.07, 6.45) is 0.565. The van der Waals surface area contributed by atoms with Gasteiger partial charge in [-0.15, -0.1) is 0 Å². The number of hydrogen-bond donors (Lipinski definition) is 1. The van der Waals surface area contributed by atoms with Crippen molar-refractivity contribution < 1.29 is 9.90 Å². The molecule has 1 aromatic carbocycles. The molecule has 0 aliphatic heterocycles. The van der Waals surface area contributed by atoms with E-state index in [0.717, 1.165) is 0 Å². The molecule has 18 heavy (non-hydrogen) atoms. The van der Waals surface area contributed by atoms with E-state index in [1.54, 1.807) is 23.1 Å². The smallest absolute Gasteiger partial charge is 0.255 e. The van der Waals surface area contributed by atoms with Crippen molar-refractivity contribution in [3.8, 4) is 0 Å². The quantitative estimate of drug-likeness (QED) is 0.897. The Hall–Kier alpha value is -0.580. The fourth-order valence-electron chi connectivity index (χ4n) is 1.66. The van der Waals surface area contributed by atoms with E-state index in [9.17, 15) is 4.79 Å². The molecule has 3 nitrogen and oxygen atoms in total. The first-order valence-corrected chi connectivity index (χ1v) is 7.02. The second kappa shape index (κ2) is 7.12. The summed E-state index contributed by atoms with van der Waals surface area (Å²) < 4.78 is 0.709. The molecule has 0 fully saturated rings. The van der Waals surface area contributed by atoms with Crippen LogP contribution in [0.1, 0.15) is 30.6 Å². The van der Waals surface area contributed by atoms with Crippen LogP contribution in [0.25, 0.3) is 0 Å². The SMILES string of the molecule is CC(C)N(CCCO)C(=O)c1cccc(Br)c1Cl. The molecule has 0 spiro atoms. The lowest BCUT2D eigenvalue weighted by Crippen LogP contribution is -2.38. The Morgan fingerprint density at radius 3 is 2.72 bits per heavy atom.